The van der Waals surface area contributed by atoms with Crippen LogP contribution in [0.1, 0.15) is 29.3 Å². The minimum absolute atomic E-state index is 0.0225. The maximum absolute atomic E-state index is 13.1. The van der Waals surface area contributed by atoms with Crippen LogP contribution >= 0.6 is 11.6 Å². The molecule has 2 aromatic carbocycles. The molecule has 3 aromatic rings. The Kier molecular flexibility index (Phi) is 3.87. The van der Waals surface area contributed by atoms with Gasteiger partial charge >= 0.3 is 0 Å². The van der Waals surface area contributed by atoms with E-state index in [1.807, 2.05) is 56.3 Å². The minimum Gasteiger partial charge on any atom is -0.471 e. The molecule has 4 rings (SSSR count). The molecule has 0 saturated carbocycles. The van der Waals surface area contributed by atoms with E-state index in [4.69, 9.17) is 16.3 Å². The number of aryl methyl sites for hydroxylation is 2. The van der Waals surface area contributed by atoms with Crippen LogP contribution in [-0.2, 0) is 15.1 Å². The summed E-state index contributed by atoms with van der Waals surface area (Å²) >= 11 is 6.06. The number of fused-ring (bicyclic) bond motifs is 1. The average molecular weight is 377 g/mol. The van der Waals surface area contributed by atoms with E-state index < -0.39 is 5.60 Å². The number of carbonyl (C=O) groups is 1. The highest BCUT2D eigenvalue weighted by molar-refractivity contribution is 6.31. The molecule has 1 atom stereocenters. The number of halogens is 1. The van der Waals surface area contributed by atoms with Gasteiger partial charge in [-0.15, -0.1) is 0 Å². The summed E-state index contributed by atoms with van der Waals surface area (Å²) in [6, 6.07) is 15.2. The molecule has 4 nitrogen and oxygen atoms in total. The molecule has 0 aliphatic carbocycles. The summed E-state index contributed by atoms with van der Waals surface area (Å²) in [6.07, 6.45) is 0. The second-order valence-corrected chi connectivity index (χ2v) is 7.51. The van der Waals surface area contributed by atoms with Crippen molar-refractivity contribution in [2.45, 2.75) is 26.4 Å². The van der Waals surface area contributed by atoms with Gasteiger partial charge in [0.25, 0.3) is 0 Å². The second-order valence-electron chi connectivity index (χ2n) is 7.07. The Morgan fingerprint density at radius 1 is 1.11 bits per heavy atom. The van der Waals surface area contributed by atoms with Crippen LogP contribution in [0.2, 0.25) is 5.02 Å². The summed E-state index contributed by atoms with van der Waals surface area (Å²) in [4.78, 5) is 16.3. The smallest absolute Gasteiger partial charge is 0.225 e. The molecule has 0 fully saturated rings. The fourth-order valence-corrected chi connectivity index (χ4v) is 3.78. The Bertz CT molecular complexity index is 1160. The Labute approximate surface area is 162 Å². The highest BCUT2D eigenvalue weighted by atomic mass is 35.5. The van der Waals surface area contributed by atoms with Gasteiger partial charge in [-0.25, -0.2) is 0 Å². The van der Waals surface area contributed by atoms with Crippen LogP contribution < -0.4 is 0 Å². The number of nitriles is 1. The lowest BCUT2D eigenvalue weighted by Gasteiger charge is -2.25. The number of ketones is 1. The third-order valence-corrected chi connectivity index (χ3v) is 5.14. The summed E-state index contributed by atoms with van der Waals surface area (Å²) in [5.41, 5.74) is 3.05. The molecule has 1 aromatic heterocycles. The topological polar surface area (TPSA) is 65.9 Å². The summed E-state index contributed by atoms with van der Waals surface area (Å²) in [7, 11) is 0. The zero-order valence-corrected chi connectivity index (χ0v) is 15.9. The first kappa shape index (κ1) is 17.4. The third-order valence-electron chi connectivity index (χ3n) is 4.91. The van der Waals surface area contributed by atoms with Crippen molar-refractivity contribution in [1.82, 2.24) is 4.98 Å². The number of nitrogens with zero attached hydrogens (tertiary/aromatic N) is 1. The number of ether oxygens (including phenoxy) is 1. The lowest BCUT2D eigenvalue weighted by molar-refractivity contribution is -0.128. The van der Waals surface area contributed by atoms with Crippen molar-refractivity contribution in [2.24, 2.45) is 0 Å². The maximum atomic E-state index is 13.1. The molecule has 0 saturated heterocycles. The summed E-state index contributed by atoms with van der Waals surface area (Å²) in [5, 5.41) is 11.1. The van der Waals surface area contributed by atoms with Gasteiger partial charge in [0, 0.05) is 21.5 Å². The number of H-pyrrole nitrogens is 1. The molecule has 5 heteroatoms. The number of aromatic amines is 1. The highest BCUT2D eigenvalue weighted by Crippen LogP contribution is 2.43. The van der Waals surface area contributed by atoms with E-state index in [1.54, 1.807) is 13.0 Å². The molecule has 1 aliphatic rings. The first-order valence-electron chi connectivity index (χ1n) is 8.57. The molecule has 0 amide bonds. The van der Waals surface area contributed by atoms with E-state index in [1.165, 1.54) is 0 Å². The van der Waals surface area contributed by atoms with Crippen molar-refractivity contribution < 1.29 is 9.53 Å². The van der Waals surface area contributed by atoms with Crippen LogP contribution in [0.5, 0.6) is 0 Å². The molecule has 1 unspecified atom stereocenters. The molecular formula is C22H17ClN2O2. The van der Waals surface area contributed by atoms with Crippen molar-refractivity contribution in [1.29, 1.82) is 5.26 Å². The van der Waals surface area contributed by atoms with Crippen LogP contribution in [0.4, 0.5) is 0 Å². The average Bonchev–Trinajstić information content (AvgIpc) is 3.13. The number of carbonyl (C=O) groups excluding carboxylic acids is 1. The molecule has 0 radical (unpaired) electrons. The Balaban J connectivity index is 1.84. The fourth-order valence-electron chi connectivity index (χ4n) is 3.60. The molecule has 1 N–H and O–H groups in total. The monoisotopic (exact) mass is 376 g/mol. The number of benzene rings is 2. The minimum atomic E-state index is -1.23. The van der Waals surface area contributed by atoms with Gasteiger partial charge in [0.2, 0.25) is 5.78 Å². The van der Waals surface area contributed by atoms with Gasteiger partial charge in [-0.3, -0.25) is 4.79 Å². The number of nitrogens with one attached hydrogen (secondary N) is 1. The van der Waals surface area contributed by atoms with Gasteiger partial charge in [0.15, 0.2) is 11.4 Å². The molecule has 134 valence electrons. The van der Waals surface area contributed by atoms with Gasteiger partial charge in [-0.05, 0) is 45.0 Å². The largest absolute Gasteiger partial charge is 0.471 e. The quantitative estimate of drug-likeness (QED) is 0.669. The molecular weight excluding hydrogens is 360 g/mol. The predicted molar refractivity (Wildman–Crippen MR) is 105 cm³/mol. The number of hydrogen-bond acceptors (Lipinski definition) is 3. The number of Topliss-reactive ketones (excluding diaryl/α,β-unsaturated/α-hetero) is 1. The Morgan fingerprint density at radius 2 is 1.81 bits per heavy atom. The van der Waals surface area contributed by atoms with Crippen LogP contribution in [-0.4, -0.2) is 10.8 Å². The van der Waals surface area contributed by atoms with E-state index >= 15 is 0 Å². The SMILES string of the molecule is Cc1cc(C)cc(C2(C)OC(c3cc4cc(Cl)ccc4[nH]3)=C(C#N)C2=O)c1. The van der Waals surface area contributed by atoms with Crippen LogP contribution in [0.3, 0.4) is 0 Å². The van der Waals surface area contributed by atoms with Gasteiger partial charge < -0.3 is 9.72 Å². The van der Waals surface area contributed by atoms with E-state index in [-0.39, 0.29) is 17.1 Å². The standard InChI is InChI=1S/C22H17ClN2O2/c1-12-6-13(2)8-15(7-12)22(3)21(26)17(11-24)20(27-22)19-10-14-9-16(23)4-5-18(14)25-19/h4-10,25H,1-3H3. The van der Waals surface area contributed by atoms with Crippen molar-refractivity contribution in [2.75, 3.05) is 0 Å². The van der Waals surface area contributed by atoms with Crippen molar-refractivity contribution >= 4 is 34.0 Å². The lowest BCUT2D eigenvalue weighted by Crippen LogP contribution is -2.31. The third kappa shape index (κ3) is 2.72. The molecule has 27 heavy (non-hydrogen) atoms. The van der Waals surface area contributed by atoms with Crippen LogP contribution in [0.25, 0.3) is 16.7 Å². The second kappa shape index (κ2) is 6.00. The molecule has 1 aliphatic heterocycles. The van der Waals surface area contributed by atoms with Gasteiger partial charge in [-0.2, -0.15) is 5.26 Å². The summed E-state index contributed by atoms with van der Waals surface area (Å²) < 4.78 is 6.15. The Morgan fingerprint density at radius 3 is 2.48 bits per heavy atom. The zero-order valence-electron chi connectivity index (χ0n) is 15.2. The van der Waals surface area contributed by atoms with Crippen molar-refractivity contribution in [3.63, 3.8) is 0 Å². The summed E-state index contributed by atoms with van der Waals surface area (Å²) in [6.45, 7) is 5.66. The maximum Gasteiger partial charge on any atom is 0.225 e. The Hall–Kier alpha value is -3.03. The summed E-state index contributed by atoms with van der Waals surface area (Å²) in [5.74, 6) is -0.0572. The highest BCUT2D eigenvalue weighted by Gasteiger charge is 2.48. The predicted octanol–water partition coefficient (Wildman–Crippen LogP) is 5.19. The van der Waals surface area contributed by atoms with Crippen LogP contribution in [0.15, 0.2) is 48.0 Å². The zero-order chi connectivity index (χ0) is 19.3. The van der Waals surface area contributed by atoms with E-state index in [2.05, 4.69) is 4.98 Å². The van der Waals surface area contributed by atoms with Gasteiger partial charge in [0.1, 0.15) is 11.6 Å². The number of aromatic nitrogens is 1. The first-order valence-corrected chi connectivity index (χ1v) is 8.95. The normalized spacial score (nSPS) is 19.4. The van der Waals surface area contributed by atoms with Gasteiger partial charge in [0.05, 0.1) is 5.69 Å². The first-order chi connectivity index (χ1) is 12.8. The van der Waals surface area contributed by atoms with E-state index in [0.717, 1.165) is 27.6 Å². The van der Waals surface area contributed by atoms with Crippen molar-refractivity contribution in [3.8, 4) is 6.07 Å². The van der Waals surface area contributed by atoms with Gasteiger partial charge in [-0.1, -0.05) is 40.9 Å². The van der Waals surface area contributed by atoms with E-state index in [9.17, 15) is 10.1 Å². The lowest BCUT2D eigenvalue weighted by atomic mass is 9.87. The number of hydrogen-bond donors (Lipinski definition) is 1. The van der Waals surface area contributed by atoms with E-state index in [0.29, 0.717) is 10.7 Å². The molecule has 0 spiro atoms. The molecule has 0 bridgehead atoms. The molecule has 2 heterocycles. The van der Waals surface area contributed by atoms with Crippen molar-refractivity contribution in [3.05, 3.63) is 75.4 Å². The van der Waals surface area contributed by atoms with Crippen LogP contribution in [0, 0.1) is 25.2 Å². The fraction of sp³-hybridized carbons (Fsp3) is 0.182. The number of rotatable bonds is 2.